The summed E-state index contributed by atoms with van der Waals surface area (Å²) in [6.07, 6.45) is 2.63. The number of aryl methyl sites for hydroxylation is 1. The Bertz CT molecular complexity index is 454. The molecule has 2 rings (SSSR count). The van der Waals surface area contributed by atoms with Crippen LogP contribution >= 0.6 is 0 Å². The molecule has 0 unspecified atom stereocenters. The van der Waals surface area contributed by atoms with Gasteiger partial charge in [-0.25, -0.2) is 0 Å². The van der Waals surface area contributed by atoms with E-state index < -0.39 is 0 Å². The van der Waals surface area contributed by atoms with Crippen molar-refractivity contribution < 1.29 is 0 Å². The summed E-state index contributed by atoms with van der Waals surface area (Å²) in [5.74, 6) is 0.881. The molecule has 0 spiro atoms. The van der Waals surface area contributed by atoms with Crippen molar-refractivity contribution >= 4 is 5.69 Å². The predicted molar refractivity (Wildman–Crippen MR) is 79.2 cm³/mol. The van der Waals surface area contributed by atoms with Gasteiger partial charge in [0.2, 0.25) is 0 Å². The van der Waals surface area contributed by atoms with Crippen molar-refractivity contribution in [2.24, 2.45) is 5.92 Å². The third-order valence-electron chi connectivity index (χ3n) is 3.92. The van der Waals surface area contributed by atoms with Gasteiger partial charge in [0.1, 0.15) is 6.07 Å². The molecule has 1 aliphatic rings. The minimum atomic E-state index is 0.734. The number of likely N-dealkylation sites (tertiary alicyclic amines) is 1. The molecule has 102 valence electrons. The molecule has 0 radical (unpaired) electrons. The molecule has 0 saturated carbocycles. The Morgan fingerprint density at radius 1 is 1.37 bits per heavy atom. The van der Waals surface area contributed by atoms with Gasteiger partial charge in [-0.3, -0.25) is 0 Å². The Morgan fingerprint density at radius 2 is 2.11 bits per heavy atom. The molecule has 3 nitrogen and oxygen atoms in total. The Balaban J connectivity index is 1.83. The highest BCUT2D eigenvalue weighted by atomic mass is 15.1. The minimum absolute atomic E-state index is 0.734. The number of hydrogen-bond acceptors (Lipinski definition) is 3. The molecule has 0 bridgehead atoms. The summed E-state index contributed by atoms with van der Waals surface area (Å²) in [6.45, 7) is 8.78. The maximum absolute atomic E-state index is 9.09. The van der Waals surface area contributed by atoms with E-state index in [-0.39, 0.29) is 0 Å². The van der Waals surface area contributed by atoms with Gasteiger partial charge in [-0.1, -0.05) is 13.0 Å². The van der Waals surface area contributed by atoms with Gasteiger partial charge in [0.15, 0.2) is 0 Å². The van der Waals surface area contributed by atoms with E-state index in [1.807, 2.05) is 12.1 Å². The van der Waals surface area contributed by atoms with Crippen LogP contribution in [0.4, 0.5) is 5.69 Å². The van der Waals surface area contributed by atoms with Gasteiger partial charge < -0.3 is 10.2 Å². The quantitative estimate of drug-likeness (QED) is 0.901. The molecule has 1 N–H and O–H groups in total. The number of anilines is 1. The fourth-order valence-corrected chi connectivity index (χ4v) is 2.54. The summed E-state index contributed by atoms with van der Waals surface area (Å²) in [5, 5.41) is 12.5. The van der Waals surface area contributed by atoms with Crippen LogP contribution in [-0.4, -0.2) is 31.1 Å². The van der Waals surface area contributed by atoms with Gasteiger partial charge in [0.05, 0.1) is 11.3 Å². The van der Waals surface area contributed by atoms with Crippen LogP contribution in [0.3, 0.4) is 0 Å². The molecule has 1 aromatic carbocycles. The number of benzene rings is 1. The number of nitrogens with zero attached hydrogens (tertiary/aromatic N) is 2. The third-order valence-corrected chi connectivity index (χ3v) is 3.92. The van der Waals surface area contributed by atoms with E-state index in [1.165, 1.54) is 31.5 Å². The fraction of sp³-hybridized carbons (Fsp3) is 0.562. The number of nitrogens with one attached hydrogen (secondary N) is 1. The van der Waals surface area contributed by atoms with Crippen LogP contribution < -0.4 is 5.32 Å². The molecule has 1 heterocycles. The number of rotatable bonds is 4. The molecule has 1 saturated heterocycles. The van der Waals surface area contributed by atoms with Gasteiger partial charge in [-0.05, 0) is 56.5 Å². The van der Waals surface area contributed by atoms with Gasteiger partial charge in [0, 0.05) is 13.1 Å². The van der Waals surface area contributed by atoms with Crippen LogP contribution in [-0.2, 0) is 0 Å². The van der Waals surface area contributed by atoms with Crippen molar-refractivity contribution in [1.82, 2.24) is 4.90 Å². The second kappa shape index (κ2) is 6.58. The summed E-state index contributed by atoms with van der Waals surface area (Å²) in [7, 11) is 0. The zero-order chi connectivity index (χ0) is 13.7. The molecule has 1 aliphatic heterocycles. The van der Waals surface area contributed by atoms with Crippen molar-refractivity contribution in [3.05, 3.63) is 29.3 Å². The summed E-state index contributed by atoms with van der Waals surface area (Å²) >= 11 is 0. The molecule has 1 fully saturated rings. The second-order valence-electron chi connectivity index (χ2n) is 5.61. The van der Waals surface area contributed by atoms with Crippen molar-refractivity contribution in [3.8, 4) is 6.07 Å². The van der Waals surface area contributed by atoms with Crippen LogP contribution in [0.15, 0.2) is 18.2 Å². The van der Waals surface area contributed by atoms with E-state index in [9.17, 15) is 0 Å². The summed E-state index contributed by atoms with van der Waals surface area (Å²) in [5.41, 5.74) is 2.89. The zero-order valence-corrected chi connectivity index (χ0v) is 11.9. The first kappa shape index (κ1) is 13.9. The van der Waals surface area contributed by atoms with E-state index >= 15 is 0 Å². The molecular weight excluding hydrogens is 234 g/mol. The topological polar surface area (TPSA) is 39.1 Å². The largest absolute Gasteiger partial charge is 0.383 e. The van der Waals surface area contributed by atoms with E-state index in [0.29, 0.717) is 0 Å². The average molecular weight is 257 g/mol. The maximum Gasteiger partial charge on any atom is 0.101 e. The van der Waals surface area contributed by atoms with Gasteiger partial charge in [-0.2, -0.15) is 5.26 Å². The number of nitriles is 1. The highest BCUT2D eigenvalue weighted by molar-refractivity contribution is 5.58. The molecule has 3 heteroatoms. The normalized spacial score (nSPS) is 17.1. The Kier molecular flexibility index (Phi) is 4.81. The molecule has 0 aromatic heterocycles. The maximum atomic E-state index is 9.09. The molecule has 0 aliphatic carbocycles. The van der Waals surface area contributed by atoms with Gasteiger partial charge in [0.25, 0.3) is 0 Å². The van der Waals surface area contributed by atoms with Crippen LogP contribution in [0.25, 0.3) is 0 Å². The first-order valence-corrected chi connectivity index (χ1v) is 7.16. The van der Waals surface area contributed by atoms with Crippen LogP contribution in [0.5, 0.6) is 0 Å². The SMILES string of the molecule is Cc1ccc(C#N)c(NCCN2CCC(C)CC2)c1. The zero-order valence-electron chi connectivity index (χ0n) is 11.9. The lowest BCUT2D eigenvalue weighted by Gasteiger charge is -2.30. The van der Waals surface area contributed by atoms with Crippen LogP contribution in [0.1, 0.15) is 30.9 Å². The first-order valence-electron chi connectivity index (χ1n) is 7.16. The van der Waals surface area contributed by atoms with Gasteiger partial charge in [-0.15, -0.1) is 0 Å². The molecule has 19 heavy (non-hydrogen) atoms. The fourth-order valence-electron chi connectivity index (χ4n) is 2.54. The lowest BCUT2D eigenvalue weighted by atomic mass is 9.99. The summed E-state index contributed by atoms with van der Waals surface area (Å²) in [4.78, 5) is 2.51. The van der Waals surface area contributed by atoms with Crippen molar-refractivity contribution in [2.45, 2.75) is 26.7 Å². The number of piperidine rings is 1. The van der Waals surface area contributed by atoms with Crippen molar-refractivity contribution in [3.63, 3.8) is 0 Å². The van der Waals surface area contributed by atoms with Crippen molar-refractivity contribution in [2.75, 3.05) is 31.5 Å². The lowest BCUT2D eigenvalue weighted by Crippen LogP contribution is -2.36. The molecular formula is C16H23N3. The molecule has 1 aromatic rings. The van der Waals surface area contributed by atoms with Crippen molar-refractivity contribution in [1.29, 1.82) is 5.26 Å². The predicted octanol–water partition coefficient (Wildman–Crippen LogP) is 3.01. The molecule has 0 atom stereocenters. The summed E-state index contributed by atoms with van der Waals surface area (Å²) < 4.78 is 0. The smallest absolute Gasteiger partial charge is 0.101 e. The van der Waals surface area contributed by atoms with E-state index in [4.69, 9.17) is 5.26 Å². The molecule has 0 amide bonds. The first-order chi connectivity index (χ1) is 9.19. The second-order valence-corrected chi connectivity index (χ2v) is 5.61. The van der Waals surface area contributed by atoms with Crippen LogP contribution in [0.2, 0.25) is 0 Å². The number of hydrogen-bond donors (Lipinski definition) is 1. The Labute approximate surface area is 116 Å². The average Bonchev–Trinajstić information content (AvgIpc) is 2.41. The monoisotopic (exact) mass is 257 g/mol. The van der Waals surface area contributed by atoms with E-state index in [2.05, 4.69) is 36.2 Å². The van der Waals surface area contributed by atoms with Gasteiger partial charge >= 0.3 is 0 Å². The Hall–Kier alpha value is -1.53. The third kappa shape index (κ3) is 3.97. The van der Waals surface area contributed by atoms with Crippen LogP contribution in [0, 0.1) is 24.2 Å². The van der Waals surface area contributed by atoms with E-state index in [0.717, 1.165) is 30.3 Å². The lowest BCUT2D eigenvalue weighted by molar-refractivity contribution is 0.199. The summed E-state index contributed by atoms with van der Waals surface area (Å²) in [6, 6.07) is 8.16. The highest BCUT2D eigenvalue weighted by Gasteiger charge is 2.14. The van der Waals surface area contributed by atoms with E-state index in [1.54, 1.807) is 0 Å². The highest BCUT2D eigenvalue weighted by Crippen LogP contribution is 2.17. The minimum Gasteiger partial charge on any atom is -0.383 e. The Morgan fingerprint density at radius 3 is 2.79 bits per heavy atom. The standard InChI is InChI=1S/C16H23N3/c1-13-5-8-19(9-6-13)10-7-18-16-11-14(2)3-4-15(16)12-17/h3-4,11,13,18H,5-10H2,1-2H3.